The van der Waals surface area contributed by atoms with E-state index >= 15 is 0 Å². The third-order valence-electron chi connectivity index (χ3n) is 2.15. The Bertz CT molecular complexity index is 357. The molecule has 1 rings (SSSR count). The molecule has 1 N–H and O–H groups in total. The first-order valence-electron chi connectivity index (χ1n) is 4.89. The zero-order valence-electron chi connectivity index (χ0n) is 9.23. The summed E-state index contributed by atoms with van der Waals surface area (Å²) in [6, 6.07) is 2.12. The van der Waals surface area contributed by atoms with E-state index in [0.717, 1.165) is 12.2 Å². The van der Waals surface area contributed by atoms with Gasteiger partial charge in [0.25, 0.3) is 0 Å². The second-order valence-corrected chi connectivity index (χ2v) is 3.37. The highest BCUT2D eigenvalue weighted by atomic mass is 15.2. The Balaban J connectivity index is 2.79. The zero-order chi connectivity index (χ0) is 11.3. The van der Waals surface area contributed by atoms with E-state index in [-0.39, 0.29) is 0 Å². The number of aromatic nitrogens is 2. The number of nitrogens with zero attached hydrogens (tertiary/aromatic N) is 4. The number of hydrogen-bond donors (Lipinski definition) is 1. The predicted octanol–water partition coefficient (Wildman–Crippen LogP) is 1.60. The Morgan fingerprint density at radius 1 is 1.60 bits per heavy atom. The molecule has 80 valence electrons. The van der Waals surface area contributed by atoms with Crippen LogP contribution in [-0.4, -0.2) is 23.1 Å². The fourth-order valence-electron chi connectivity index (χ4n) is 1.02. The van der Waals surface area contributed by atoms with Crippen molar-refractivity contribution in [2.75, 3.05) is 17.3 Å². The molecule has 0 saturated carbocycles. The van der Waals surface area contributed by atoms with Gasteiger partial charge in [-0.15, -0.1) is 0 Å². The lowest BCUT2D eigenvalue weighted by Gasteiger charge is -2.13. The summed E-state index contributed by atoms with van der Waals surface area (Å²) in [5.74, 6) is 1.34. The maximum atomic E-state index is 8.70. The summed E-state index contributed by atoms with van der Waals surface area (Å²) in [7, 11) is 1.66. The van der Waals surface area contributed by atoms with Crippen LogP contribution in [0.3, 0.4) is 0 Å². The van der Waals surface area contributed by atoms with Crippen molar-refractivity contribution >= 4 is 11.6 Å². The Kier molecular flexibility index (Phi) is 3.86. The Morgan fingerprint density at radius 3 is 2.93 bits per heavy atom. The minimum Gasteiger partial charge on any atom is -0.367 e. The summed E-state index contributed by atoms with van der Waals surface area (Å²) in [6.45, 7) is 4.18. The molecule has 1 unspecified atom stereocenters. The third-order valence-corrected chi connectivity index (χ3v) is 2.15. The van der Waals surface area contributed by atoms with Gasteiger partial charge in [-0.05, 0) is 13.3 Å². The fraction of sp³-hybridized carbons (Fsp3) is 0.500. The maximum absolute atomic E-state index is 8.70. The molecule has 0 aromatic carbocycles. The van der Waals surface area contributed by atoms with Crippen LogP contribution in [0.5, 0.6) is 0 Å². The van der Waals surface area contributed by atoms with Gasteiger partial charge in [0.2, 0.25) is 0 Å². The van der Waals surface area contributed by atoms with E-state index in [2.05, 4.69) is 29.1 Å². The number of anilines is 2. The molecule has 1 aromatic heterocycles. The highest BCUT2D eigenvalue weighted by Crippen LogP contribution is 2.12. The van der Waals surface area contributed by atoms with Gasteiger partial charge in [0.1, 0.15) is 18.0 Å². The smallest absolute Gasteiger partial charge is 0.185 e. The number of rotatable bonds is 4. The van der Waals surface area contributed by atoms with E-state index in [1.54, 1.807) is 13.1 Å². The topological polar surface area (TPSA) is 64.8 Å². The minimum atomic E-state index is 0.361. The van der Waals surface area contributed by atoms with Crippen LogP contribution in [0.4, 0.5) is 11.6 Å². The van der Waals surface area contributed by atoms with E-state index in [1.165, 1.54) is 11.2 Å². The lowest BCUT2D eigenvalue weighted by molar-refractivity contribution is 0.758. The largest absolute Gasteiger partial charge is 0.367 e. The van der Waals surface area contributed by atoms with Gasteiger partial charge >= 0.3 is 0 Å². The third kappa shape index (κ3) is 3.09. The monoisotopic (exact) mass is 205 g/mol. The van der Waals surface area contributed by atoms with Crippen LogP contribution in [0.2, 0.25) is 0 Å². The van der Waals surface area contributed by atoms with Gasteiger partial charge in [-0.1, -0.05) is 6.92 Å². The first kappa shape index (κ1) is 11.2. The molecule has 1 heterocycles. The van der Waals surface area contributed by atoms with Gasteiger partial charge in [0, 0.05) is 19.2 Å². The average Bonchev–Trinajstić information content (AvgIpc) is 2.28. The van der Waals surface area contributed by atoms with Gasteiger partial charge in [-0.3, -0.25) is 4.90 Å². The lowest BCUT2D eigenvalue weighted by Crippen LogP contribution is -2.16. The average molecular weight is 205 g/mol. The van der Waals surface area contributed by atoms with Gasteiger partial charge in [0.05, 0.1) is 0 Å². The standard InChI is InChI=1S/C10H15N5/c1-4-8(2)14-9-5-10(13-7-12-9)15(3)6-11/h5,7-8H,4H2,1-3H3,(H,12,13,14). The van der Waals surface area contributed by atoms with Crippen LogP contribution in [0.15, 0.2) is 12.4 Å². The molecule has 0 aliphatic carbocycles. The molecular weight excluding hydrogens is 190 g/mol. The maximum Gasteiger partial charge on any atom is 0.185 e. The normalized spacial score (nSPS) is 11.6. The highest BCUT2D eigenvalue weighted by molar-refractivity contribution is 5.50. The second kappa shape index (κ2) is 5.15. The van der Waals surface area contributed by atoms with Crippen LogP contribution in [0.1, 0.15) is 20.3 Å². The molecule has 0 fully saturated rings. The van der Waals surface area contributed by atoms with E-state index < -0.39 is 0 Å². The molecule has 0 aliphatic heterocycles. The summed E-state index contributed by atoms with van der Waals surface area (Å²) in [6.07, 6.45) is 4.46. The molecule has 1 atom stereocenters. The lowest BCUT2D eigenvalue weighted by atomic mass is 10.2. The van der Waals surface area contributed by atoms with Gasteiger partial charge in [-0.25, -0.2) is 9.97 Å². The van der Waals surface area contributed by atoms with Crippen LogP contribution in [0, 0.1) is 11.5 Å². The molecule has 0 amide bonds. The van der Waals surface area contributed by atoms with Gasteiger partial charge in [0.15, 0.2) is 6.19 Å². The van der Waals surface area contributed by atoms with E-state index in [1.807, 2.05) is 6.19 Å². The van der Waals surface area contributed by atoms with Crippen molar-refractivity contribution in [3.63, 3.8) is 0 Å². The first-order chi connectivity index (χ1) is 7.17. The van der Waals surface area contributed by atoms with Crippen molar-refractivity contribution in [2.24, 2.45) is 0 Å². The van der Waals surface area contributed by atoms with Crippen molar-refractivity contribution in [2.45, 2.75) is 26.3 Å². The molecule has 0 aliphatic rings. The molecule has 0 radical (unpaired) electrons. The molecule has 5 nitrogen and oxygen atoms in total. The summed E-state index contributed by atoms with van der Waals surface area (Å²) in [5, 5.41) is 11.9. The Labute approximate surface area is 89.8 Å². The SMILES string of the molecule is CCC(C)Nc1cc(N(C)C#N)ncn1. The molecule has 5 heteroatoms. The van der Waals surface area contributed by atoms with Crippen molar-refractivity contribution in [1.82, 2.24) is 9.97 Å². The van der Waals surface area contributed by atoms with Crippen molar-refractivity contribution in [3.8, 4) is 6.19 Å². The molecule has 0 spiro atoms. The minimum absolute atomic E-state index is 0.361. The summed E-state index contributed by atoms with van der Waals surface area (Å²) >= 11 is 0. The molecular formula is C10H15N5. The van der Waals surface area contributed by atoms with Crippen molar-refractivity contribution in [3.05, 3.63) is 12.4 Å². The molecule has 0 saturated heterocycles. The predicted molar refractivity (Wildman–Crippen MR) is 59.4 cm³/mol. The quantitative estimate of drug-likeness (QED) is 0.597. The van der Waals surface area contributed by atoms with Gasteiger partial charge in [-0.2, -0.15) is 5.26 Å². The zero-order valence-corrected chi connectivity index (χ0v) is 9.23. The molecule has 1 aromatic rings. The van der Waals surface area contributed by atoms with Crippen LogP contribution >= 0.6 is 0 Å². The Morgan fingerprint density at radius 2 is 2.33 bits per heavy atom. The number of hydrogen-bond acceptors (Lipinski definition) is 5. The molecule has 15 heavy (non-hydrogen) atoms. The highest BCUT2D eigenvalue weighted by Gasteiger charge is 2.04. The molecule has 0 bridgehead atoms. The van der Waals surface area contributed by atoms with Crippen LogP contribution < -0.4 is 10.2 Å². The van der Waals surface area contributed by atoms with Crippen molar-refractivity contribution in [1.29, 1.82) is 5.26 Å². The first-order valence-corrected chi connectivity index (χ1v) is 4.89. The summed E-state index contributed by atoms with van der Waals surface area (Å²) in [4.78, 5) is 9.47. The van der Waals surface area contributed by atoms with Gasteiger partial charge < -0.3 is 5.32 Å². The van der Waals surface area contributed by atoms with Crippen molar-refractivity contribution < 1.29 is 0 Å². The van der Waals surface area contributed by atoms with E-state index in [9.17, 15) is 0 Å². The number of nitriles is 1. The Hall–Kier alpha value is -1.83. The van der Waals surface area contributed by atoms with Crippen LogP contribution in [0.25, 0.3) is 0 Å². The fourth-order valence-corrected chi connectivity index (χ4v) is 1.02. The summed E-state index contributed by atoms with van der Waals surface area (Å²) < 4.78 is 0. The van der Waals surface area contributed by atoms with Crippen LogP contribution in [-0.2, 0) is 0 Å². The summed E-state index contributed by atoms with van der Waals surface area (Å²) in [5.41, 5.74) is 0. The van der Waals surface area contributed by atoms with E-state index in [4.69, 9.17) is 5.26 Å². The number of nitrogens with one attached hydrogen (secondary N) is 1. The van der Waals surface area contributed by atoms with E-state index in [0.29, 0.717) is 11.9 Å². The second-order valence-electron chi connectivity index (χ2n) is 3.37.